The number of nitrogens with zero attached hydrogens (tertiary/aromatic N) is 4. The van der Waals surface area contributed by atoms with E-state index < -0.39 is 6.61 Å². The molecule has 2 heterocycles. The summed E-state index contributed by atoms with van der Waals surface area (Å²) in [5.41, 5.74) is 10.1. The molecule has 38 heavy (non-hydrogen) atoms. The van der Waals surface area contributed by atoms with Gasteiger partial charge in [-0.05, 0) is 91.3 Å². The first-order valence-corrected chi connectivity index (χ1v) is 13.2. The summed E-state index contributed by atoms with van der Waals surface area (Å²) in [7, 11) is 0. The van der Waals surface area contributed by atoms with Gasteiger partial charge in [0, 0.05) is 37.5 Å². The van der Waals surface area contributed by atoms with Crippen molar-refractivity contribution in [3.63, 3.8) is 0 Å². The van der Waals surface area contributed by atoms with Gasteiger partial charge in [0.05, 0.1) is 5.52 Å². The van der Waals surface area contributed by atoms with Crippen molar-refractivity contribution in [2.75, 3.05) is 13.2 Å². The summed E-state index contributed by atoms with van der Waals surface area (Å²) in [5, 5.41) is 18.2. The zero-order valence-electron chi connectivity index (χ0n) is 22.5. The number of Topliss-reactive ketones (excluding diaryl/α,β-unsaturated/α-hetero) is 1. The van der Waals surface area contributed by atoms with Gasteiger partial charge >= 0.3 is 0 Å². The third kappa shape index (κ3) is 4.74. The molecule has 196 valence electrons. The molecule has 0 saturated heterocycles. The Labute approximate surface area is 223 Å². The molecule has 1 aromatic heterocycles. The topological polar surface area (TPSA) is 88.3 Å². The lowest BCUT2D eigenvalue weighted by Crippen LogP contribution is -2.36. The highest BCUT2D eigenvalue weighted by molar-refractivity contribution is 5.94. The molecule has 0 saturated carbocycles. The number of fused-ring (bicyclic) bond motifs is 2. The van der Waals surface area contributed by atoms with Gasteiger partial charge in [0.15, 0.2) is 5.78 Å². The van der Waals surface area contributed by atoms with Crippen LogP contribution in [0.4, 0.5) is 0 Å². The molecule has 1 N–H and O–H groups in total. The Morgan fingerprint density at radius 2 is 1.82 bits per heavy atom. The van der Waals surface area contributed by atoms with Crippen LogP contribution in [0.3, 0.4) is 0 Å². The van der Waals surface area contributed by atoms with E-state index in [9.17, 15) is 14.7 Å². The maximum atomic E-state index is 13.3. The predicted molar refractivity (Wildman–Crippen MR) is 147 cm³/mol. The predicted octanol–water partition coefficient (Wildman–Crippen LogP) is 4.66. The van der Waals surface area contributed by atoms with Crippen molar-refractivity contribution in [1.29, 1.82) is 0 Å². The van der Waals surface area contributed by atoms with Crippen molar-refractivity contribution in [1.82, 2.24) is 19.9 Å². The monoisotopic (exact) mass is 510 g/mol. The SMILES string of the molecule is CCn1nnc2c(C)c(C(CC(=O)CO)c3ccc4c(c3)CN(C(=O)c3ccc(C)c(C)c3)CC4)ccc21. The van der Waals surface area contributed by atoms with Crippen LogP contribution in [0.2, 0.25) is 0 Å². The molecule has 7 nitrogen and oxygen atoms in total. The van der Waals surface area contributed by atoms with Gasteiger partial charge in [0.1, 0.15) is 12.1 Å². The number of hydrogen-bond donors (Lipinski definition) is 1. The van der Waals surface area contributed by atoms with Gasteiger partial charge in [0.25, 0.3) is 5.91 Å². The van der Waals surface area contributed by atoms with Gasteiger partial charge < -0.3 is 10.0 Å². The number of rotatable bonds is 7. The first kappa shape index (κ1) is 25.8. The summed E-state index contributed by atoms with van der Waals surface area (Å²) in [6.45, 7) is 9.56. The first-order chi connectivity index (χ1) is 18.3. The van der Waals surface area contributed by atoms with Gasteiger partial charge in [0.2, 0.25) is 0 Å². The van der Waals surface area contributed by atoms with E-state index >= 15 is 0 Å². The summed E-state index contributed by atoms with van der Waals surface area (Å²) in [5.74, 6) is -0.408. The molecule has 5 rings (SSSR count). The Bertz CT molecular complexity index is 1540. The van der Waals surface area contributed by atoms with Crippen molar-refractivity contribution >= 4 is 22.7 Å². The number of aliphatic hydroxyl groups excluding tert-OH is 1. The van der Waals surface area contributed by atoms with E-state index in [0.29, 0.717) is 18.7 Å². The van der Waals surface area contributed by atoms with E-state index in [1.165, 1.54) is 11.1 Å². The summed E-state index contributed by atoms with van der Waals surface area (Å²) in [4.78, 5) is 27.7. The van der Waals surface area contributed by atoms with E-state index in [-0.39, 0.29) is 24.0 Å². The van der Waals surface area contributed by atoms with Crippen LogP contribution in [-0.4, -0.2) is 49.8 Å². The molecule has 0 fully saturated rings. The lowest BCUT2D eigenvalue weighted by Gasteiger charge is -2.30. The van der Waals surface area contributed by atoms with E-state index in [1.807, 2.05) is 61.5 Å². The van der Waals surface area contributed by atoms with E-state index in [1.54, 1.807) is 0 Å². The molecule has 0 spiro atoms. The number of carbonyl (C=O) groups is 2. The second-order valence-corrected chi connectivity index (χ2v) is 10.3. The molecule has 1 unspecified atom stereocenters. The van der Waals surface area contributed by atoms with Gasteiger partial charge in [-0.25, -0.2) is 4.68 Å². The van der Waals surface area contributed by atoms with Gasteiger partial charge in [-0.15, -0.1) is 5.10 Å². The Hall–Kier alpha value is -3.84. The summed E-state index contributed by atoms with van der Waals surface area (Å²) < 4.78 is 1.86. The highest BCUT2D eigenvalue weighted by Crippen LogP contribution is 2.35. The van der Waals surface area contributed by atoms with Crippen molar-refractivity contribution in [3.05, 3.63) is 93.0 Å². The first-order valence-electron chi connectivity index (χ1n) is 13.2. The number of hydrogen-bond acceptors (Lipinski definition) is 5. The quantitative estimate of drug-likeness (QED) is 0.391. The van der Waals surface area contributed by atoms with E-state index in [4.69, 9.17) is 0 Å². The summed E-state index contributed by atoms with van der Waals surface area (Å²) >= 11 is 0. The minimum absolute atomic E-state index is 0.0384. The standard InChI is InChI=1S/C31H34N4O3/c1-5-35-29-11-10-27(21(4)30(29)32-33-35)28(16-26(37)18-36)23-9-8-22-12-13-34(17-25(22)15-23)31(38)24-7-6-19(2)20(3)14-24/h6-11,14-15,28,36H,5,12-13,16-18H2,1-4H3. The Kier molecular flexibility index (Phi) is 7.13. The van der Waals surface area contributed by atoms with Crippen LogP contribution < -0.4 is 0 Å². The zero-order chi connectivity index (χ0) is 27.0. The van der Waals surface area contributed by atoms with Crippen LogP contribution >= 0.6 is 0 Å². The molecule has 7 heteroatoms. The molecule has 4 aromatic rings. The second-order valence-electron chi connectivity index (χ2n) is 10.3. The van der Waals surface area contributed by atoms with Gasteiger partial charge in [-0.1, -0.05) is 35.5 Å². The molecular formula is C31H34N4O3. The maximum absolute atomic E-state index is 13.3. The fourth-order valence-electron chi connectivity index (χ4n) is 5.52. The molecule has 0 aliphatic carbocycles. The average Bonchev–Trinajstić information content (AvgIpc) is 3.36. The van der Waals surface area contributed by atoms with Crippen LogP contribution in [0.25, 0.3) is 11.0 Å². The fraction of sp³-hybridized carbons (Fsp3) is 0.355. The second kappa shape index (κ2) is 10.5. The lowest BCUT2D eigenvalue weighted by atomic mass is 9.82. The third-order valence-electron chi connectivity index (χ3n) is 7.95. The van der Waals surface area contributed by atoms with Crippen LogP contribution in [0, 0.1) is 20.8 Å². The van der Waals surface area contributed by atoms with E-state index in [2.05, 4.69) is 34.6 Å². The smallest absolute Gasteiger partial charge is 0.254 e. The molecule has 0 radical (unpaired) electrons. The summed E-state index contributed by atoms with van der Waals surface area (Å²) in [6, 6.07) is 16.3. The van der Waals surface area contributed by atoms with Crippen molar-refractivity contribution in [2.45, 2.75) is 59.5 Å². The number of ketones is 1. The van der Waals surface area contributed by atoms with Crippen molar-refractivity contribution in [3.8, 4) is 0 Å². The van der Waals surface area contributed by atoms with Crippen molar-refractivity contribution < 1.29 is 14.7 Å². The van der Waals surface area contributed by atoms with E-state index in [0.717, 1.165) is 51.8 Å². The van der Waals surface area contributed by atoms with Crippen LogP contribution in [0.5, 0.6) is 0 Å². The Balaban J connectivity index is 1.50. The minimum Gasteiger partial charge on any atom is -0.389 e. The highest BCUT2D eigenvalue weighted by atomic mass is 16.3. The number of aliphatic hydroxyl groups is 1. The highest BCUT2D eigenvalue weighted by Gasteiger charge is 2.26. The number of aromatic nitrogens is 3. The van der Waals surface area contributed by atoms with Crippen molar-refractivity contribution in [2.24, 2.45) is 0 Å². The largest absolute Gasteiger partial charge is 0.389 e. The zero-order valence-corrected chi connectivity index (χ0v) is 22.5. The van der Waals surface area contributed by atoms with Crippen LogP contribution in [0.15, 0.2) is 48.5 Å². The summed E-state index contributed by atoms with van der Waals surface area (Å²) in [6.07, 6.45) is 0.979. The Morgan fingerprint density at radius 3 is 2.55 bits per heavy atom. The molecule has 1 aliphatic rings. The lowest BCUT2D eigenvalue weighted by molar-refractivity contribution is -0.121. The average molecular weight is 511 g/mol. The molecule has 0 bridgehead atoms. The number of aryl methyl sites for hydroxylation is 4. The Morgan fingerprint density at radius 1 is 1.00 bits per heavy atom. The van der Waals surface area contributed by atoms with Gasteiger partial charge in [-0.3, -0.25) is 9.59 Å². The molecule has 3 aromatic carbocycles. The van der Waals surface area contributed by atoms with Crippen LogP contribution in [0.1, 0.15) is 68.6 Å². The molecule has 1 aliphatic heterocycles. The van der Waals surface area contributed by atoms with Crippen LogP contribution in [-0.2, 0) is 24.3 Å². The number of amides is 1. The molecule has 1 atom stereocenters. The normalized spacial score (nSPS) is 14.0. The fourth-order valence-corrected chi connectivity index (χ4v) is 5.52. The molecule has 1 amide bonds. The molecular weight excluding hydrogens is 476 g/mol. The maximum Gasteiger partial charge on any atom is 0.254 e. The number of carbonyl (C=O) groups excluding carboxylic acids is 2. The van der Waals surface area contributed by atoms with Gasteiger partial charge in [-0.2, -0.15) is 0 Å². The number of benzene rings is 3. The third-order valence-corrected chi connectivity index (χ3v) is 7.95. The minimum atomic E-state index is -0.493.